The molecule has 1 heterocycles. The predicted molar refractivity (Wildman–Crippen MR) is 109 cm³/mol. The van der Waals surface area contributed by atoms with E-state index in [9.17, 15) is 4.57 Å². The first kappa shape index (κ1) is 22.8. The van der Waals surface area contributed by atoms with Crippen molar-refractivity contribution in [3.05, 3.63) is 59.9 Å². The molecule has 7 heteroatoms. The molecule has 0 fully saturated rings. The van der Waals surface area contributed by atoms with Gasteiger partial charge in [-0.15, -0.1) is 4.89 Å². The molecule has 0 radical (unpaired) electrons. The van der Waals surface area contributed by atoms with Crippen LogP contribution in [0.5, 0.6) is 5.75 Å². The lowest BCUT2D eigenvalue weighted by Crippen LogP contribution is -2.29. The van der Waals surface area contributed by atoms with Crippen LogP contribution in [-0.2, 0) is 9.09 Å². The molecule has 27 heavy (non-hydrogen) atoms. The lowest BCUT2D eigenvalue weighted by Gasteiger charge is -2.10. The van der Waals surface area contributed by atoms with Crippen molar-refractivity contribution in [3.63, 3.8) is 0 Å². The van der Waals surface area contributed by atoms with Crippen LogP contribution in [-0.4, -0.2) is 29.1 Å². The summed E-state index contributed by atoms with van der Waals surface area (Å²) in [6.45, 7) is 8.61. The van der Waals surface area contributed by atoms with Crippen LogP contribution in [0, 0.1) is 0 Å². The van der Waals surface area contributed by atoms with Gasteiger partial charge in [-0.25, -0.2) is 4.52 Å². The minimum Gasteiger partial charge on any atom is -0.497 e. The van der Waals surface area contributed by atoms with E-state index in [0.717, 1.165) is 5.56 Å². The Labute approximate surface area is 162 Å². The maximum Gasteiger partial charge on any atom is 0.747 e. The van der Waals surface area contributed by atoms with Gasteiger partial charge < -0.3 is 10.1 Å². The highest BCUT2D eigenvalue weighted by atomic mass is 31.1. The molecule has 0 spiro atoms. The van der Waals surface area contributed by atoms with E-state index in [1.165, 1.54) is 0 Å². The van der Waals surface area contributed by atoms with Gasteiger partial charge in [0, 0.05) is 34.6 Å². The summed E-state index contributed by atoms with van der Waals surface area (Å²) < 4.78 is 21.0. The van der Waals surface area contributed by atoms with Crippen LogP contribution in [0.15, 0.2) is 48.8 Å². The molecule has 146 valence electrons. The number of nitrogens with one attached hydrogen (secondary N) is 1. The zero-order valence-corrected chi connectivity index (χ0v) is 17.3. The first-order chi connectivity index (χ1) is 12.8. The quantitative estimate of drug-likeness (QED) is 0.528. The molecule has 2 rings (SSSR count). The highest BCUT2D eigenvalue weighted by Crippen LogP contribution is 2.29. The normalized spacial score (nSPS) is 11.7. The van der Waals surface area contributed by atoms with Gasteiger partial charge in [0.2, 0.25) is 0 Å². The average molecular weight is 391 g/mol. The average Bonchev–Trinajstić information content (AvgIpc) is 2.61. The lowest BCUT2D eigenvalue weighted by molar-refractivity contribution is 0.394. The second kappa shape index (κ2) is 12.2. The molecule has 0 amide bonds. The minimum atomic E-state index is -2.75. The fraction of sp³-hybridized carbons (Fsp3) is 0.350. The lowest BCUT2D eigenvalue weighted by atomic mass is 10.1. The van der Waals surface area contributed by atoms with Gasteiger partial charge in [-0.05, 0) is 35.9 Å². The van der Waals surface area contributed by atoms with Gasteiger partial charge in [0.25, 0.3) is 0 Å². The van der Waals surface area contributed by atoms with Gasteiger partial charge in [0.15, 0.2) is 5.76 Å². The SMILES string of the molecule is CC(C)NC(C)C.COc1cccc(/C=C(/O[P+](=O)O)c2cccnc2)c1. The molecule has 0 aliphatic heterocycles. The summed E-state index contributed by atoms with van der Waals surface area (Å²) >= 11 is 0. The van der Waals surface area contributed by atoms with E-state index in [1.54, 1.807) is 43.8 Å². The van der Waals surface area contributed by atoms with Crippen molar-refractivity contribution in [2.45, 2.75) is 39.8 Å². The summed E-state index contributed by atoms with van der Waals surface area (Å²) in [5.74, 6) is 0.965. The summed E-state index contributed by atoms with van der Waals surface area (Å²) in [5, 5.41) is 3.31. The number of rotatable bonds is 7. The van der Waals surface area contributed by atoms with Gasteiger partial charge in [0.1, 0.15) is 5.75 Å². The van der Waals surface area contributed by atoms with E-state index >= 15 is 0 Å². The van der Waals surface area contributed by atoms with Crippen molar-refractivity contribution < 1.29 is 18.7 Å². The zero-order chi connectivity index (χ0) is 20.2. The third-order valence-corrected chi connectivity index (χ3v) is 3.53. The molecule has 0 aliphatic carbocycles. The number of aromatic nitrogens is 1. The summed E-state index contributed by atoms with van der Waals surface area (Å²) in [7, 11) is -1.17. The van der Waals surface area contributed by atoms with Crippen molar-refractivity contribution in [3.8, 4) is 5.75 Å². The Hall–Kier alpha value is -2.27. The minimum absolute atomic E-state index is 0.273. The van der Waals surface area contributed by atoms with Crippen molar-refractivity contribution in [1.82, 2.24) is 10.3 Å². The Balaban J connectivity index is 0.000000445. The van der Waals surface area contributed by atoms with E-state index in [4.69, 9.17) is 14.2 Å². The smallest absolute Gasteiger partial charge is 0.497 e. The van der Waals surface area contributed by atoms with E-state index in [2.05, 4.69) is 38.0 Å². The molecule has 0 saturated heterocycles. The highest BCUT2D eigenvalue weighted by Gasteiger charge is 2.18. The Morgan fingerprint density at radius 2 is 1.89 bits per heavy atom. The summed E-state index contributed by atoms with van der Waals surface area (Å²) in [6.07, 6.45) is 4.83. The highest BCUT2D eigenvalue weighted by molar-refractivity contribution is 7.32. The Morgan fingerprint density at radius 1 is 1.19 bits per heavy atom. The fourth-order valence-corrected chi connectivity index (χ4v) is 2.63. The van der Waals surface area contributed by atoms with Gasteiger partial charge in [-0.1, -0.05) is 39.8 Å². The van der Waals surface area contributed by atoms with Crippen LogP contribution in [0.1, 0.15) is 38.8 Å². The van der Waals surface area contributed by atoms with Crippen molar-refractivity contribution in [2.75, 3.05) is 7.11 Å². The zero-order valence-electron chi connectivity index (χ0n) is 16.4. The molecule has 6 nitrogen and oxygen atoms in total. The number of nitrogens with zero attached hydrogens (tertiary/aromatic N) is 1. The van der Waals surface area contributed by atoms with Crippen LogP contribution in [0.2, 0.25) is 0 Å². The van der Waals surface area contributed by atoms with E-state index < -0.39 is 8.25 Å². The number of hydrogen-bond donors (Lipinski definition) is 2. The fourth-order valence-electron chi connectivity index (χ4n) is 2.30. The van der Waals surface area contributed by atoms with Crippen molar-refractivity contribution >= 4 is 20.1 Å². The Bertz CT molecular complexity index is 728. The number of benzene rings is 1. The molecule has 2 N–H and O–H groups in total. The molecule has 2 aromatic rings. The summed E-state index contributed by atoms with van der Waals surface area (Å²) in [6, 6.07) is 12.0. The molecule has 1 atom stereocenters. The van der Waals surface area contributed by atoms with Crippen LogP contribution < -0.4 is 10.1 Å². The van der Waals surface area contributed by atoms with E-state index in [0.29, 0.717) is 23.4 Å². The van der Waals surface area contributed by atoms with Gasteiger partial charge in [-0.3, -0.25) is 4.98 Å². The first-order valence-corrected chi connectivity index (χ1v) is 9.81. The molecular weight excluding hydrogens is 363 g/mol. The maximum absolute atomic E-state index is 10.9. The van der Waals surface area contributed by atoms with Crippen LogP contribution >= 0.6 is 8.25 Å². The second-order valence-corrected chi connectivity index (χ2v) is 6.99. The van der Waals surface area contributed by atoms with Crippen LogP contribution in [0.4, 0.5) is 0 Å². The predicted octanol–water partition coefficient (Wildman–Crippen LogP) is 4.65. The monoisotopic (exact) mass is 391 g/mol. The Kier molecular flexibility index (Phi) is 10.3. The maximum atomic E-state index is 10.9. The number of ether oxygens (including phenoxy) is 1. The van der Waals surface area contributed by atoms with E-state index in [-0.39, 0.29) is 5.76 Å². The third kappa shape index (κ3) is 9.85. The number of hydrogen-bond acceptors (Lipinski definition) is 5. The standard InChI is InChI=1S/C14H12NO4P.C6H15N/c1-18-13-6-2-4-11(8-13)9-14(19-20(16)17)12-5-3-7-15-10-12;1-5(2)7-6(3)4/h2-10H,1H3;5-7H,1-4H3/p+1/b14-9+;. The molecule has 0 bridgehead atoms. The molecule has 0 saturated carbocycles. The Morgan fingerprint density at radius 3 is 2.37 bits per heavy atom. The largest absolute Gasteiger partial charge is 0.747 e. The molecule has 1 aromatic carbocycles. The molecule has 1 aromatic heterocycles. The molecule has 1 unspecified atom stereocenters. The third-order valence-electron chi connectivity index (χ3n) is 3.18. The van der Waals surface area contributed by atoms with Gasteiger partial charge in [0.05, 0.1) is 7.11 Å². The molecular formula is C20H28N2O4P+. The van der Waals surface area contributed by atoms with Gasteiger partial charge >= 0.3 is 8.25 Å². The topological polar surface area (TPSA) is 80.7 Å². The summed E-state index contributed by atoms with van der Waals surface area (Å²) in [5.41, 5.74) is 1.41. The number of pyridine rings is 1. The first-order valence-electron chi connectivity index (χ1n) is 8.68. The second-order valence-electron chi connectivity index (χ2n) is 6.33. The summed E-state index contributed by atoms with van der Waals surface area (Å²) in [4.78, 5) is 12.9. The number of methoxy groups -OCH3 is 1. The van der Waals surface area contributed by atoms with Crippen LogP contribution in [0.25, 0.3) is 11.8 Å². The molecule has 0 aliphatic rings. The van der Waals surface area contributed by atoms with Gasteiger partial charge in [-0.2, -0.15) is 0 Å². The van der Waals surface area contributed by atoms with E-state index in [1.807, 2.05) is 18.2 Å². The van der Waals surface area contributed by atoms with Crippen molar-refractivity contribution in [2.24, 2.45) is 0 Å². The van der Waals surface area contributed by atoms with Crippen molar-refractivity contribution in [1.29, 1.82) is 0 Å². The van der Waals surface area contributed by atoms with Crippen LogP contribution in [0.3, 0.4) is 0 Å².